The van der Waals surface area contributed by atoms with E-state index >= 15 is 0 Å². The quantitative estimate of drug-likeness (QED) is 0.663. The van der Waals surface area contributed by atoms with Gasteiger partial charge in [0.05, 0.1) is 19.3 Å². The Morgan fingerprint density at radius 1 is 1.21 bits per heavy atom. The van der Waals surface area contributed by atoms with Gasteiger partial charge < -0.3 is 15.0 Å². The second-order valence-corrected chi connectivity index (χ2v) is 7.58. The van der Waals surface area contributed by atoms with Crippen molar-refractivity contribution in [2.75, 3.05) is 36.5 Å². The Labute approximate surface area is 169 Å². The number of fused-ring (bicyclic) bond motifs is 1. The number of ether oxygens (including phenoxy) is 1. The third kappa shape index (κ3) is 3.72. The normalized spacial score (nSPS) is 15.6. The molecule has 0 radical (unpaired) electrons. The van der Waals surface area contributed by atoms with Crippen molar-refractivity contribution >= 4 is 29.8 Å². The molecule has 4 rings (SSSR count). The van der Waals surface area contributed by atoms with E-state index < -0.39 is 0 Å². The predicted octanol–water partition coefficient (Wildman–Crippen LogP) is 3.30. The Bertz CT molecular complexity index is 1060. The lowest BCUT2D eigenvalue weighted by molar-refractivity contribution is 0.122. The zero-order valence-corrected chi connectivity index (χ0v) is 16.9. The van der Waals surface area contributed by atoms with E-state index in [1.165, 1.54) is 0 Å². The van der Waals surface area contributed by atoms with E-state index in [1.54, 1.807) is 10.5 Å². The van der Waals surface area contributed by atoms with Crippen molar-refractivity contribution < 1.29 is 4.74 Å². The van der Waals surface area contributed by atoms with Gasteiger partial charge in [0.1, 0.15) is 11.5 Å². The molecule has 1 fully saturated rings. The first-order valence-corrected chi connectivity index (χ1v) is 9.89. The van der Waals surface area contributed by atoms with Crippen molar-refractivity contribution in [1.82, 2.24) is 9.38 Å². The number of aryl methyl sites for hydroxylation is 1. The van der Waals surface area contributed by atoms with Crippen molar-refractivity contribution in [1.29, 1.82) is 0 Å². The number of hydrogen-bond acceptors (Lipinski definition) is 6. The van der Waals surface area contributed by atoms with Crippen LogP contribution in [0.4, 0.5) is 11.5 Å². The van der Waals surface area contributed by atoms with Crippen LogP contribution < -0.4 is 15.8 Å². The summed E-state index contributed by atoms with van der Waals surface area (Å²) >= 11 is 4.53. The first-order valence-electron chi connectivity index (χ1n) is 9.44. The Hall–Kier alpha value is -2.51. The molecule has 1 aliphatic heterocycles. The topological polar surface area (TPSA) is 58.9 Å². The molecule has 1 unspecified atom stereocenters. The number of rotatable bonds is 4. The van der Waals surface area contributed by atoms with Crippen LogP contribution in [0.2, 0.25) is 0 Å². The van der Waals surface area contributed by atoms with Crippen LogP contribution in [-0.2, 0) is 4.74 Å². The van der Waals surface area contributed by atoms with Gasteiger partial charge in [-0.05, 0) is 37.6 Å². The molecule has 28 heavy (non-hydrogen) atoms. The number of anilines is 2. The van der Waals surface area contributed by atoms with Gasteiger partial charge in [0.25, 0.3) is 5.56 Å². The van der Waals surface area contributed by atoms with E-state index in [0.717, 1.165) is 34.8 Å². The molecule has 0 spiro atoms. The minimum absolute atomic E-state index is 0.0463. The van der Waals surface area contributed by atoms with Crippen LogP contribution >= 0.6 is 12.6 Å². The summed E-state index contributed by atoms with van der Waals surface area (Å²) in [6.45, 7) is 6.85. The summed E-state index contributed by atoms with van der Waals surface area (Å²) < 4.78 is 7.06. The summed E-state index contributed by atoms with van der Waals surface area (Å²) in [4.78, 5) is 20.7. The summed E-state index contributed by atoms with van der Waals surface area (Å²) in [6, 6.07) is 11.5. The fraction of sp³-hybridized carbons (Fsp3) is 0.333. The van der Waals surface area contributed by atoms with Gasteiger partial charge in [0, 0.05) is 41.5 Å². The van der Waals surface area contributed by atoms with E-state index in [1.807, 2.05) is 37.4 Å². The van der Waals surface area contributed by atoms with Crippen LogP contribution in [0.5, 0.6) is 0 Å². The molecule has 1 atom stereocenters. The second kappa shape index (κ2) is 7.85. The van der Waals surface area contributed by atoms with E-state index in [2.05, 4.69) is 35.8 Å². The van der Waals surface area contributed by atoms with E-state index in [9.17, 15) is 4.79 Å². The van der Waals surface area contributed by atoms with Gasteiger partial charge in [-0.15, -0.1) is 12.6 Å². The third-order valence-corrected chi connectivity index (χ3v) is 5.38. The Morgan fingerprint density at radius 2 is 1.96 bits per heavy atom. The molecule has 146 valence electrons. The van der Waals surface area contributed by atoms with Gasteiger partial charge >= 0.3 is 0 Å². The molecule has 0 saturated carbocycles. The highest BCUT2D eigenvalue weighted by Gasteiger charge is 2.18. The molecular weight excluding hydrogens is 372 g/mol. The average Bonchev–Trinajstić information content (AvgIpc) is 2.70. The number of nitrogens with one attached hydrogen (secondary N) is 1. The van der Waals surface area contributed by atoms with Crippen LogP contribution in [-0.4, -0.2) is 35.7 Å². The van der Waals surface area contributed by atoms with Crippen LogP contribution in [0.3, 0.4) is 0 Å². The summed E-state index contributed by atoms with van der Waals surface area (Å²) in [5, 5.41) is 3.50. The molecule has 1 saturated heterocycles. The number of nitrogens with zero attached hydrogens (tertiary/aromatic N) is 3. The monoisotopic (exact) mass is 396 g/mol. The number of benzene rings is 1. The summed E-state index contributed by atoms with van der Waals surface area (Å²) in [5.41, 5.74) is 3.54. The molecule has 7 heteroatoms. The van der Waals surface area contributed by atoms with Crippen molar-refractivity contribution in [3.8, 4) is 0 Å². The average molecular weight is 397 g/mol. The van der Waals surface area contributed by atoms with Gasteiger partial charge in [-0.25, -0.2) is 4.98 Å². The van der Waals surface area contributed by atoms with Gasteiger partial charge in [-0.2, -0.15) is 0 Å². The molecule has 6 nitrogen and oxygen atoms in total. The van der Waals surface area contributed by atoms with Crippen LogP contribution in [0.25, 0.3) is 5.65 Å². The van der Waals surface area contributed by atoms with Crippen molar-refractivity contribution in [3.63, 3.8) is 0 Å². The van der Waals surface area contributed by atoms with Crippen molar-refractivity contribution in [2.24, 2.45) is 0 Å². The molecule has 3 aromatic rings. The summed E-state index contributed by atoms with van der Waals surface area (Å²) in [5.74, 6) is 0.709. The summed E-state index contributed by atoms with van der Waals surface area (Å²) in [7, 11) is 0. The Morgan fingerprint density at radius 3 is 2.71 bits per heavy atom. The lowest BCUT2D eigenvalue weighted by atomic mass is 10.1. The van der Waals surface area contributed by atoms with Gasteiger partial charge in [0.2, 0.25) is 0 Å². The highest BCUT2D eigenvalue weighted by Crippen LogP contribution is 2.27. The molecule has 1 N–H and O–H groups in total. The maximum Gasteiger partial charge on any atom is 0.259 e. The second-order valence-electron chi connectivity index (χ2n) is 7.10. The van der Waals surface area contributed by atoms with Crippen molar-refractivity contribution in [2.45, 2.75) is 24.8 Å². The number of pyridine rings is 1. The predicted molar refractivity (Wildman–Crippen MR) is 115 cm³/mol. The summed E-state index contributed by atoms with van der Waals surface area (Å²) in [6.07, 6.45) is 1.84. The number of para-hydroxylation sites is 1. The van der Waals surface area contributed by atoms with E-state index in [0.29, 0.717) is 24.7 Å². The fourth-order valence-electron chi connectivity index (χ4n) is 3.54. The molecule has 0 amide bonds. The minimum atomic E-state index is -0.0711. The third-order valence-electron chi connectivity index (χ3n) is 4.99. The maximum atomic E-state index is 12.8. The first kappa shape index (κ1) is 18.8. The van der Waals surface area contributed by atoms with Crippen LogP contribution in [0.1, 0.15) is 24.1 Å². The lowest BCUT2D eigenvalue weighted by Crippen LogP contribution is -2.37. The Kier molecular flexibility index (Phi) is 5.28. The molecule has 1 aromatic carbocycles. The molecule has 2 aromatic heterocycles. The number of thiol groups is 1. The lowest BCUT2D eigenvalue weighted by Gasteiger charge is -2.28. The fourth-order valence-corrected chi connectivity index (χ4v) is 3.76. The number of hydrogen-bond donors (Lipinski definition) is 2. The molecule has 0 aliphatic carbocycles. The van der Waals surface area contributed by atoms with Crippen LogP contribution in [0, 0.1) is 6.92 Å². The number of morpholine rings is 1. The SMILES string of the molecule is Cc1cc(C(C)Nc2ccccc2S)c2nc(N3CCOCC3)cc(=O)n2c1. The molecule has 0 bridgehead atoms. The van der Waals surface area contributed by atoms with E-state index in [4.69, 9.17) is 9.72 Å². The van der Waals surface area contributed by atoms with Gasteiger partial charge in [-0.1, -0.05) is 12.1 Å². The minimum Gasteiger partial charge on any atom is -0.378 e. The maximum absolute atomic E-state index is 12.8. The zero-order valence-electron chi connectivity index (χ0n) is 16.1. The van der Waals surface area contributed by atoms with Gasteiger partial charge in [-0.3, -0.25) is 9.20 Å². The highest BCUT2D eigenvalue weighted by atomic mass is 32.1. The van der Waals surface area contributed by atoms with Gasteiger partial charge in [0.15, 0.2) is 0 Å². The highest BCUT2D eigenvalue weighted by molar-refractivity contribution is 7.80. The molecule has 3 heterocycles. The van der Waals surface area contributed by atoms with Crippen molar-refractivity contribution in [3.05, 3.63) is 64.1 Å². The Balaban J connectivity index is 1.79. The largest absolute Gasteiger partial charge is 0.378 e. The standard InChI is InChI=1S/C21H24N4O2S/c1-14-11-16(15(2)22-17-5-3-4-6-18(17)28)21-23-19(12-20(26)25(21)13-14)24-7-9-27-10-8-24/h3-6,11-13,15,22,28H,7-10H2,1-2H3. The smallest absolute Gasteiger partial charge is 0.259 e. The zero-order chi connectivity index (χ0) is 19.7. The van der Waals surface area contributed by atoms with Crippen LogP contribution in [0.15, 0.2) is 52.3 Å². The van der Waals surface area contributed by atoms with E-state index in [-0.39, 0.29) is 11.6 Å². The first-order chi connectivity index (χ1) is 13.5. The molecule has 1 aliphatic rings. The number of aromatic nitrogens is 2. The molecular formula is C21H24N4O2S.